The van der Waals surface area contributed by atoms with Crippen molar-refractivity contribution in [2.75, 3.05) is 33.7 Å². The Balaban J connectivity index is 2.60. The minimum absolute atomic E-state index is 0.154. The normalized spacial score (nSPS) is 29.6. The molecule has 0 amide bonds. The van der Waals surface area contributed by atoms with Crippen LogP contribution in [0.2, 0.25) is 0 Å². The van der Waals surface area contributed by atoms with Gasteiger partial charge in [-0.15, -0.1) is 0 Å². The first-order chi connectivity index (χ1) is 7.43. The number of likely N-dealkylation sites (N-methyl/N-ethyl adjacent to an activating group) is 1. The molecule has 96 valence electrons. The fourth-order valence-corrected chi connectivity index (χ4v) is 2.87. The van der Waals surface area contributed by atoms with E-state index in [4.69, 9.17) is 5.73 Å². The summed E-state index contributed by atoms with van der Waals surface area (Å²) in [5.41, 5.74) is 6.53. The zero-order valence-electron chi connectivity index (χ0n) is 11.5. The molecule has 1 saturated carbocycles. The fraction of sp³-hybridized carbons (Fsp3) is 1.00. The zero-order chi connectivity index (χ0) is 12.2. The summed E-state index contributed by atoms with van der Waals surface area (Å²) in [7, 11) is 4.23. The van der Waals surface area contributed by atoms with Crippen LogP contribution in [0.5, 0.6) is 0 Å². The van der Waals surface area contributed by atoms with Crippen LogP contribution < -0.4 is 11.1 Å². The van der Waals surface area contributed by atoms with E-state index < -0.39 is 0 Å². The summed E-state index contributed by atoms with van der Waals surface area (Å²) < 4.78 is 0. The van der Waals surface area contributed by atoms with Crippen molar-refractivity contribution in [3.05, 3.63) is 0 Å². The van der Waals surface area contributed by atoms with Gasteiger partial charge in [0.05, 0.1) is 0 Å². The zero-order valence-corrected chi connectivity index (χ0v) is 11.5. The summed E-state index contributed by atoms with van der Waals surface area (Å²) in [6.07, 6.45) is 5.18. The Kier molecular flexibility index (Phi) is 4.77. The minimum atomic E-state index is 0.154. The quantitative estimate of drug-likeness (QED) is 0.747. The standard InChI is InChI=1S/C13H29N3/c1-12(2)7-5-6-8-13(12,11-14)15-9-10-16(3)4/h15H,5-11,14H2,1-4H3. The molecular formula is C13H29N3. The Hall–Kier alpha value is -0.120. The summed E-state index contributed by atoms with van der Waals surface area (Å²) in [6, 6.07) is 0. The lowest BCUT2D eigenvalue weighted by Crippen LogP contribution is -2.63. The first-order valence-electron chi connectivity index (χ1n) is 6.53. The number of hydrogen-bond acceptors (Lipinski definition) is 3. The third-order valence-corrected chi connectivity index (χ3v) is 4.32. The Bertz CT molecular complexity index is 213. The monoisotopic (exact) mass is 227 g/mol. The molecule has 16 heavy (non-hydrogen) atoms. The molecule has 0 heterocycles. The highest BCUT2D eigenvalue weighted by Crippen LogP contribution is 2.43. The highest BCUT2D eigenvalue weighted by atomic mass is 15.1. The van der Waals surface area contributed by atoms with Crippen molar-refractivity contribution >= 4 is 0 Å². The predicted molar refractivity (Wildman–Crippen MR) is 70.6 cm³/mol. The average molecular weight is 227 g/mol. The summed E-state index contributed by atoms with van der Waals surface area (Å²) in [5, 5.41) is 3.74. The van der Waals surface area contributed by atoms with Gasteiger partial charge >= 0.3 is 0 Å². The first kappa shape index (κ1) is 13.9. The molecule has 1 aliphatic rings. The smallest absolute Gasteiger partial charge is 0.0355 e. The molecule has 0 bridgehead atoms. The van der Waals surface area contributed by atoms with E-state index in [-0.39, 0.29) is 5.54 Å². The van der Waals surface area contributed by atoms with E-state index in [1.165, 1.54) is 25.7 Å². The highest BCUT2D eigenvalue weighted by Gasteiger charge is 2.44. The van der Waals surface area contributed by atoms with Crippen molar-refractivity contribution in [2.45, 2.75) is 45.1 Å². The van der Waals surface area contributed by atoms with Gasteiger partial charge in [0.2, 0.25) is 0 Å². The Labute approximate surface area is 101 Å². The van der Waals surface area contributed by atoms with Crippen molar-refractivity contribution < 1.29 is 0 Å². The van der Waals surface area contributed by atoms with Gasteiger partial charge < -0.3 is 16.0 Å². The molecule has 0 radical (unpaired) electrons. The maximum Gasteiger partial charge on any atom is 0.0355 e. The topological polar surface area (TPSA) is 41.3 Å². The molecule has 3 heteroatoms. The second kappa shape index (κ2) is 5.48. The van der Waals surface area contributed by atoms with Gasteiger partial charge in [0.1, 0.15) is 0 Å². The van der Waals surface area contributed by atoms with Crippen LogP contribution in [0, 0.1) is 5.41 Å². The largest absolute Gasteiger partial charge is 0.329 e. The summed E-state index contributed by atoms with van der Waals surface area (Å²) in [4.78, 5) is 2.22. The summed E-state index contributed by atoms with van der Waals surface area (Å²) >= 11 is 0. The van der Waals surface area contributed by atoms with Crippen LogP contribution in [0.15, 0.2) is 0 Å². The van der Waals surface area contributed by atoms with Gasteiger partial charge in [-0.25, -0.2) is 0 Å². The van der Waals surface area contributed by atoms with Crippen LogP contribution in [0.3, 0.4) is 0 Å². The van der Waals surface area contributed by atoms with Gasteiger partial charge in [-0.05, 0) is 32.4 Å². The maximum atomic E-state index is 6.05. The van der Waals surface area contributed by atoms with E-state index in [1.54, 1.807) is 0 Å². The maximum absolute atomic E-state index is 6.05. The third kappa shape index (κ3) is 2.96. The average Bonchev–Trinajstić information content (AvgIpc) is 2.20. The molecule has 0 aromatic heterocycles. The highest BCUT2D eigenvalue weighted by molar-refractivity contribution is 5.03. The Morgan fingerprint density at radius 1 is 1.19 bits per heavy atom. The van der Waals surface area contributed by atoms with Crippen molar-refractivity contribution in [1.29, 1.82) is 0 Å². The molecule has 0 saturated heterocycles. The lowest BCUT2D eigenvalue weighted by Gasteiger charge is -2.50. The number of nitrogens with one attached hydrogen (secondary N) is 1. The fourth-order valence-electron chi connectivity index (χ4n) is 2.87. The number of hydrogen-bond donors (Lipinski definition) is 2. The lowest BCUT2D eigenvalue weighted by atomic mass is 9.63. The minimum Gasteiger partial charge on any atom is -0.329 e. The molecule has 3 N–H and O–H groups in total. The van der Waals surface area contributed by atoms with Crippen LogP contribution in [0.4, 0.5) is 0 Å². The van der Waals surface area contributed by atoms with Gasteiger partial charge in [-0.1, -0.05) is 26.7 Å². The molecular weight excluding hydrogens is 198 g/mol. The van der Waals surface area contributed by atoms with Crippen molar-refractivity contribution in [3.8, 4) is 0 Å². The van der Waals surface area contributed by atoms with Gasteiger partial charge in [0.25, 0.3) is 0 Å². The van der Waals surface area contributed by atoms with Crippen LogP contribution in [0.25, 0.3) is 0 Å². The molecule has 3 nitrogen and oxygen atoms in total. The molecule has 0 spiro atoms. The third-order valence-electron chi connectivity index (χ3n) is 4.32. The molecule has 1 rings (SSSR count). The van der Waals surface area contributed by atoms with Gasteiger partial charge in [-0.2, -0.15) is 0 Å². The van der Waals surface area contributed by atoms with Crippen molar-refractivity contribution in [1.82, 2.24) is 10.2 Å². The van der Waals surface area contributed by atoms with E-state index in [0.29, 0.717) is 5.41 Å². The summed E-state index contributed by atoms with van der Waals surface area (Å²) in [5.74, 6) is 0. The van der Waals surface area contributed by atoms with Crippen LogP contribution >= 0.6 is 0 Å². The molecule has 1 unspecified atom stereocenters. The molecule has 1 atom stereocenters. The van der Waals surface area contributed by atoms with Crippen LogP contribution in [-0.4, -0.2) is 44.2 Å². The molecule has 0 aromatic carbocycles. The predicted octanol–water partition coefficient (Wildman–Crippen LogP) is 1.44. The van der Waals surface area contributed by atoms with Crippen LogP contribution in [-0.2, 0) is 0 Å². The molecule has 1 aliphatic carbocycles. The van der Waals surface area contributed by atoms with Gasteiger partial charge in [0, 0.05) is 25.2 Å². The molecule has 0 aliphatic heterocycles. The first-order valence-corrected chi connectivity index (χ1v) is 6.53. The van der Waals surface area contributed by atoms with E-state index in [0.717, 1.165) is 19.6 Å². The molecule has 1 fully saturated rings. The van der Waals surface area contributed by atoms with Crippen molar-refractivity contribution in [3.63, 3.8) is 0 Å². The Morgan fingerprint density at radius 2 is 1.81 bits per heavy atom. The second-order valence-electron chi connectivity index (χ2n) is 6.11. The number of nitrogens with two attached hydrogens (primary N) is 1. The summed E-state index contributed by atoms with van der Waals surface area (Å²) in [6.45, 7) is 7.60. The van der Waals surface area contributed by atoms with Gasteiger partial charge in [0.15, 0.2) is 0 Å². The van der Waals surface area contributed by atoms with Crippen molar-refractivity contribution in [2.24, 2.45) is 11.1 Å². The van der Waals surface area contributed by atoms with E-state index in [2.05, 4.69) is 38.2 Å². The number of nitrogens with zero attached hydrogens (tertiary/aromatic N) is 1. The van der Waals surface area contributed by atoms with Crippen LogP contribution in [0.1, 0.15) is 39.5 Å². The Morgan fingerprint density at radius 3 is 2.31 bits per heavy atom. The lowest BCUT2D eigenvalue weighted by molar-refractivity contribution is 0.0677. The van der Waals surface area contributed by atoms with E-state index >= 15 is 0 Å². The second-order valence-corrected chi connectivity index (χ2v) is 6.11. The SMILES string of the molecule is CN(C)CCNC1(CN)CCCCC1(C)C. The van der Waals surface area contributed by atoms with E-state index in [1.807, 2.05) is 0 Å². The number of rotatable bonds is 5. The molecule has 0 aromatic rings. The van der Waals surface area contributed by atoms with E-state index in [9.17, 15) is 0 Å². The van der Waals surface area contributed by atoms with Gasteiger partial charge in [-0.3, -0.25) is 0 Å².